The van der Waals surface area contributed by atoms with E-state index in [4.69, 9.17) is 5.11 Å². The maximum Gasteiger partial charge on any atom is 0.328 e. The van der Waals surface area contributed by atoms with Gasteiger partial charge in [-0.3, -0.25) is 4.90 Å². The molecule has 0 aliphatic carbocycles. The smallest absolute Gasteiger partial charge is 0.328 e. The van der Waals surface area contributed by atoms with Crippen molar-refractivity contribution in [2.75, 3.05) is 13.1 Å². The third kappa shape index (κ3) is 5.47. The van der Waals surface area contributed by atoms with E-state index in [0.29, 0.717) is 0 Å². The van der Waals surface area contributed by atoms with E-state index < -0.39 is 5.97 Å². The maximum absolute atomic E-state index is 10.4. The zero-order valence-corrected chi connectivity index (χ0v) is 11.9. The van der Waals surface area contributed by atoms with Crippen LogP contribution in [0.2, 0.25) is 0 Å². The number of hydrogen-bond acceptors (Lipinski definition) is 3. The van der Waals surface area contributed by atoms with Gasteiger partial charge < -0.3 is 5.11 Å². The van der Waals surface area contributed by atoms with Crippen LogP contribution in [0.4, 0.5) is 0 Å². The molecule has 0 saturated heterocycles. The summed E-state index contributed by atoms with van der Waals surface area (Å²) < 4.78 is 0. The molecule has 18 heavy (non-hydrogen) atoms. The quantitative estimate of drug-likeness (QED) is 0.733. The first kappa shape index (κ1) is 14.9. The summed E-state index contributed by atoms with van der Waals surface area (Å²) in [4.78, 5) is 14.1. The maximum atomic E-state index is 10.4. The molecule has 0 spiro atoms. The van der Waals surface area contributed by atoms with Crippen LogP contribution in [0.25, 0.3) is 6.08 Å². The van der Waals surface area contributed by atoms with Crippen molar-refractivity contribution >= 4 is 23.4 Å². The van der Waals surface area contributed by atoms with Crippen LogP contribution in [0, 0.1) is 0 Å². The summed E-state index contributed by atoms with van der Waals surface area (Å²) in [5.74, 6) is -0.902. The fraction of sp³-hybridized carbons (Fsp3) is 0.500. The lowest BCUT2D eigenvalue weighted by Gasteiger charge is -2.18. The summed E-state index contributed by atoms with van der Waals surface area (Å²) in [5, 5.41) is 10.6. The Labute approximate surface area is 113 Å². The van der Waals surface area contributed by atoms with Crippen molar-refractivity contribution in [1.29, 1.82) is 0 Å². The molecule has 0 saturated carbocycles. The van der Waals surface area contributed by atoms with Gasteiger partial charge in [-0.25, -0.2) is 4.79 Å². The third-order valence-corrected chi connectivity index (χ3v) is 3.69. The fourth-order valence-corrected chi connectivity index (χ4v) is 2.58. The molecule has 0 amide bonds. The highest BCUT2D eigenvalue weighted by Gasteiger charge is 2.05. The Morgan fingerprint density at radius 2 is 2.28 bits per heavy atom. The number of aliphatic carboxylic acids is 1. The Morgan fingerprint density at radius 1 is 1.50 bits per heavy atom. The summed E-state index contributed by atoms with van der Waals surface area (Å²) in [5.41, 5.74) is 0.976. The van der Waals surface area contributed by atoms with Crippen LogP contribution in [0.15, 0.2) is 17.5 Å². The van der Waals surface area contributed by atoms with Crippen LogP contribution in [0.3, 0.4) is 0 Å². The van der Waals surface area contributed by atoms with Crippen LogP contribution < -0.4 is 0 Å². The molecule has 1 heterocycles. The third-order valence-electron chi connectivity index (χ3n) is 2.75. The summed E-state index contributed by atoms with van der Waals surface area (Å²) in [6, 6.07) is 2.07. The highest BCUT2D eigenvalue weighted by Crippen LogP contribution is 2.18. The predicted molar refractivity (Wildman–Crippen MR) is 76.8 cm³/mol. The fourth-order valence-electron chi connectivity index (χ4n) is 1.69. The largest absolute Gasteiger partial charge is 0.478 e. The Balaban J connectivity index is 2.54. The van der Waals surface area contributed by atoms with Crippen LogP contribution in [0.1, 0.15) is 37.1 Å². The first-order valence-corrected chi connectivity index (χ1v) is 7.24. The second-order valence-corrected chi connectivity index (χ2v) is 5.24. The molecular weight excluding hydrogens is 246 g/mol. The van der Waals surface area contributed by atoms with Crippen LogP contribution in [-0.4, -0.2) is 29.1 Å². The van der Waals surface area contributed by atoms with Crippen molar-refractivity contribution < 1.29 is 9.90 Å². The molecule has 0 atom stereocenters. The summed E-state index contributed by atoms with van der Waals surface area (Å²) in [6.07, 6.45) is 5.27. The number of unbranched alkanes of at least 4 members (excludes halogenated alkanes) is 1. The number of hydrogen-bond donors (Lipinski definition) is 1. The molecule has 0 aliphatic rings. The van der Waals surface area contributed by atoms with Gasteiger partial charge in [-0.15, -0.1) is 11.3 Å². The van der Waals surface area contributed by atoms with Gasteiger partial charge in [0.2, 0.25) is 0 Å². The molecule has 0 unspecified atom stereocenters. The van der Waals surface area contributed by atoms with E-state index in [2.05, 4.69) is 24.8 Å². The summed E-state index contributed by atoms with van der Waals surface area (Å²) in [6.45, 7) is 7.52. The molecule has 1 N–H and O–H groups in total. The summed E-state index contributed by atoms with van der Waals surface area (Å²) >= 11 is 1.69. The normalized spacial score (nSPS) is 11.5. The zero-order valence-electron chi connectivity index (χ0n) is 11.1. The van der Waals surface area contributed by atoms with Gasteiger partial charge in [-0.05, 0) is 42.6 Å². The topological polar surface area (TPSA) is 40.5 Å². The van der Waals surface area contributed by atoms with Crippen molar-refractivity contribution in [3.8, 4) is 0 Å². The molecule has 0 aromatic carbocycles. The lowest BCUT2D eigenvalue weighted by Crippen LogP contribution is -2.23. The number of carboxylic acids is 1. The number of thiophene rings is 1. The van der Waals surface area contributed by atoms with Gasteiger partial charge in [-0.1, -0.05) is 20.3 Å². The summed E-state index contributed by atoms with van der Waals surface area (Å²) in [7, 11) is 0. The number of nitrogens with zero attached hydrogens (tertiary/aromatic N) is 1. The van der Waals surface area contributed by atoms with E-state index in [1.165, 1.54) is 23.8 Å². The molecular formula is C14H21NO2S. The molecule has 1 aromatic rings. The van der Waals surface area contributed by atoms with E-state index in [9.17, 15) is 4.79 Å². The van der Waals surface area contributed by atoms with Crippen LogP contribution in [-0.2, 0) is 11.3 Å². The van der Waals surface area contributed by atoms with Gasteiger partial charge >= 0.3 is 5.97 Å². The van der Waals surface area contributed by atoms with Gasteiger partial charge in [0.1, 0.15) is 0 Å². The number of carboxylic acid groups (broad SMARTS) is 1. The van der Waals surface area contributed by atoms with Gasteiger partial charge in [0, 0.05) is 17.5 Å². The minimum Gasteiger partial charge on any atom is -0.478 e. The van der Waals surface area contributed by atoms with Crippen LogP contribution >= 0.6 is 11.3 Å². The van der Waals surface area contributed by atoms with E-state index in [1.807, 2.05) is 5.38 Å². The van der Waals surface area contributed by atoms with E-state index >= 15 is 0 Å². The molecule has 0 bridgehead atoms. The molecule has 0 aliphatic heterocycles. The minimum atomic E-state index is -0.902. The average molecular weight is 267 g/mol. The van der Waals surface area contributed by atoms with E-state index in [1.54, 1.807) is 17.4 Å². The average Bonchev–Trinajstić information content (AvgIpc) is 2.79. The number of carbonyl (C=O) groups is 1. The molecule has 0 fully saturated rings. The number of rotatable bonds is 8. The molecule has 1 rings (SSSR count). The van der Waals surface area contributed by atoms with E-state index in [0.717, 1.165) is 25.2 Å². The Hall–Kier alpha value is -1.13. The Morgan fingerprint density at radius 3 is 2.89 bits per heavy atom. The zero-order chi connectivity index (χ0) is 13.4. The van der Waals surface area contributed by atoms with E-state index in [-0.39, 0.29) is 0 Å². The van der Waals surface area contributed by atoms with Gasteiger partial charge in [0.25, 0.3) is 0 Å². The van der Waals surface area contributed by atoms with Gasteiger partial charge in [-0.2, -0.15) is 0 Å². The molecule has 1 aromatic heterocycles. The molecule has 0 radical (unpaired) electrons. The van der Waals surface area contributed by atoms with Crippen molar-refractivity contribution in [3.05, 3.63) is 28.0 Å². The second kappa shape index (κ2) is 8.06. The molecule has 3 nitrogen and oxygen atoms in total. The lowest BCUT2D eigenvalue weighted by atomic mass is 10.2. The standard InChI is InChI=1S/C14H21NO2S/c1-3-5-8-15(4-2)10-13-9-12(11-18-13)6-7-14(16)17/h6-7,9,11H,3-5,8,10H2,1-2H3,(H,16,17). The van der Waals surface area contributed by atoms with Crippen molar-refractivity contribution in [2.45, 2.75) is 33.2 Å². The Bertz CT molecular complexity index is 398. The molecule has 100 valence electrons. The van der Waals surface area contributed by atoms with Crippen molar-refractivity contribution in [3.63, 3.8) is 0 Å². The van der Waals surface area contributed by atoms with Crippen molar-refractivity contribution in [2.24, 2.45) is 0 Å². The molecule has 4 heteroatoms. The predicted octanol–water partition coefficient (Wildman–Crippen LogP) is 3.47. The minimum absolute atomic E-state index is 0.902. The first-order chi connectivity index (χ1) is 8.65. The lowest BCUT2D eigenvalue weighted by molar-refractivity contribution is -0.131. The second-order valence-electron chi connectivity index (χ2n) is 4.24. The van der Waals surface area contributed by atoms with Gasteiger partial charge in [0.15, 0.2) is 0 Å². The first-order valence-electron chi connectivity index (χ1n) is 6.36. The van der Waals surface area contributed by atoms with Crippen molar-refractivity contribution in [1.82, 2.24) is 4.90 Å². The Kier molecular flexibility index (Phi) is 6.68. The van der Waals surface area contributed by atoms with Gasteiger partial charge in [0.05, 0.1) is 0 Å². The monoisotopic (exact) mass is 267 g/mol. The van der Waals surface area contributed by atoms with Crippen LogP contribution in [0.5, 0.6) is 0 Å². The highest BCUT2D eigenvalue weighted by atomic mass is 32.1. The highest BCUT2D eigenvalue weighted by molar-refractivity contribution is 7.10. The SMILES string of the molecule is CCCCN(CC)Cc1cc(C=CC(=O)O)cs1.